The van der Waals surface area contributed by atoms with Crippen LogP contribution >= 0.6 is 0 Å². The number of nitrogens with zero attached hydrogens (tertiary/aromatic N) is 2. The number of nitrogens with one attached hydrogen (secondary N) is 1. The molecule has 1 atom stereocenters. The van der Waals surface area contributed by atoms with Gasteiger partial charge < -0.3 is 10.1 Å². The average Bonchev–Trinajstić information content (AvgIpc) is 2.88. The fraction of sp³-hybridized carbons (Fsp3) is 0.235. The van der Waals surface area contributed by atoms with Crippen molar-refractivity contribution in [1.29, 1.82) is 0 Å². The molecule has 1 aliphatic rings. The van der Waals surface area contributed by atoms with Gasteiger partial charge in [-0.2, -0.15) is 0 Å². The lowest BCUT2D eigenvalue weighted by Gasteiger charge is -2.16. The number of methoxy groups -OCH3 is 1. The van der Waals surface area contributed by atoms with E-state index in [0.717, 1.165) is 5.56 Å². The fourth-order valence-corrected chi connectivity index (χ4v) is 2.54. The molecular weight excluding hydrogens is 294 g/mol. The van der Waals surface area contributed by atoms with E-state index in [1.54, 1.807) is 43.8 Å². The van der Waals surface area contributed by atoms with Gasteiger partial charge in [0, 0.05) is 18.9 Å². The maximum atomic E-state index is 12.5. The molecule has 1 N–H and O–H groups in total. The number of anilines is 1. The Morgan fingerprint density at radius 2 is 1.87 bits per heavy atom. The molecule has 6 heteroatoms. The van der Waals surface area contributed by atoms with Gasteiger partial charge in [-0.1, -0.05) is 0 Å². The summed E-state index contributed by atoms with van der Waals surface area (Å²) in [7, 11) is 1.57. The molecule has 2 amide bonds. The zero-order chi connectivity index (χ0) is 16.2. The lowest BCUT2D eigenvalue weighted by molar-refractivity contribution is -0.121. The van der Waals surface area contributed by atoms with Crippen LogP contribution in [0.1, 0.15) is 12.0 Å². The minimum Gasteiger partial charge on any atom is -0.497 e. The van der Waals surface area contributed by atoms with E-state index in [2.05, 4.69) is 10.3 Å². The number of aromatic nitrogens is 1. The Hall–Kier alpha value is -2.73. The smallest absolute Gasteiger partial charge is 0.251 e. The van der Waals surface area contributed by atoms with Crippen molar-refractivity contribution in [2.24, 2.45) is 0 Å². The van der Waals surface area contributed by atoms with Crippen LogP contribution in [0.4, 0.5) is 5.69 Å². The zero-order valence-corrected chi connectivity index (χ0v) is 12.7. The maximum absolute atomic E-state index is 12.5. The first-order valence-corrected chi connectivity index (χ1v) is 7.32. The summed E-state index contributed by atoms with van der Waals surface area (Å²) in [5.41, 5.74) is 1.58. The van der Waals surface area contributed by atoms with Crippen molar-refractivity contribution in [1.82, 2.24) is 10.3 Å². The normalized spacial score (nSPS) is 17.6. The van der Waals surface area contributed by atoms with Crippen LogP contribution in [0.3, 0.4) is 0 Å². The second kappa shape index (κ2) is 6.58. The van der Waals surface area contributed by atoms with Gasteiger partial charge in [0.05, 0.1) is 25.3 Å². The molecular formula is C17H17N3O3. The number of hydrogen-bond donors (Lipinski definition) is 1. The van der Waals surface area contributed by atoms with Crippen molar-refractivity contribution in [3.05, 3.63) is 54.4 Å². The third-order valence-electron chi connectivity index (χ3n) is 3.78. The molecule has 0 spiro atoms. The summed E-state index contributed by atoms with van der Waals surface area (Å²) in [5.74, 6) is 0.252. The Morgan fingerprint density at radius 3 is 2.52 bits per heavy atom. The number of hydrogen-bond acceptors (Lipinski definition) is 5. The quantitative estimate of drug-likeness (QED) is 0.848. The third-order valence-corrected chi connectivity index (χ3v) is 3.78. The fourth-order valence-electron chi connectivity index (χ4n) is 2.54. The van der Waals surface area contributed by atoms with Crippen LogP contribution in [-0.4, -0.2) is 29.9 Å². The Balaban J connectivity index is 1.69. The van der Waals surface area contributed by atoms with Crippen LogP contribution < -0.4 is 15.0 Å². The molecule has 6 nitrogen and oxygen atoms in total. The van der Waals surface area contributed by atoms with Crippen LogP contribution in [0.15, 0.2) is 48.8 Å². The molecule has 2 aromatic rings. The maximum Gasteiger partial charge on any atom is 0.251 e. The first-order chi connectivity index (χ1) is 11.2. The van der Waals surface area contributed by atoms with Crippen molar-refractivity contribution >= 4 is 17.5 Å². The third kappa shape index (κ3) is 3.22. The van der Waals surface area contributed by atoms with E-state index in [9.17, 15) is 9.59 Å². The van der Waals surface area contributed by atoms with Gasteiger partial charge in [0.1, 0.15) is 5.75 Å². The van der Waals surface area contributed by atoms with Gasteiger partial charge in [-0.25, -0.2) is 4.90 Å². The van der Waals surface area contributed by atoms with Crippen molar-refractivity contribution in [2.75, 3.05) is 12.0 Å². The molecule has 1 aromatic carbocycles. The summed E-state index contributed by atoms with van der Waals surface area (Å²) >= 11 is 0. The molecule has 1 aliphatic heterocycles. The Kier molecular flexibility index (Phi) is 4.34. The van der Waals surface area contributed by atoms with Gasteiger partial charge >= 0.3 is 0 Å². The molecule has 0 bridgehead atoms. The molecule has 0 radical (unpaired) electrons. The van der Waals surface area contributed by atoms with Gasteiger partial charge in [0.2, 0.25) is 5.91 Å². The SMILES string of the molecule is COc1ccc(N2C(=O)C[C@@H](NCc3ccncc3)C2=O)cc1. The van der Waals surface area contributed by atoms with Crippen LogP contribution in [0.5, 0.6) is 5.75 Å². The summed E-state index contributed by atoms with van der Waals surface area (Å²) < 4.78 is 5.09. The van der Waals surface area contributed by atoms with Gasteiger partial charge in [-0.05, 0) is 42.0 Å². The monoisotopic (exact) mass is 311 g/mol. The molecule has 118 valence electrons. The molecule has 23 heavy (non-hydrogen) atoms. The van der Waals surface area contributed by atoms with Crippen LogP contribution in [0.2, 0.25) is 0 Å². The number of ether oxygens (including phenoxy) is 1. The second-order valence-corrected chi connectivity index (χ2v) is 5.26. The highest BCUT2D eigenvalue weighted by atomic mass is 16.5. The second-order valence-electron chi connectivity index (χ2n) is 5.26. The van der Waals surface area contributed by atoms with Crippen molar-refractivity contribution in [3.8, 4) is 5.75 Å². The van der Waals surface area contributed by atoms with Gasteiger partial charge in [0.15, 0.2) is 0 Å². The summed E-state index contributed by atoms with van der Waals surface area (Å²) in [4.78, 5) is 29.9. The minimum atomic E-state index is -0.502. The van der Waals surface area contributed by atoms with E-state index < -0.39 is 6.04 Å². The van der Waals surface area contributed by atoms with E-state index in [0.29, 0.717) is 18.0 Å². The number of rotatable bonds is 5. The summed E-state index contributed by atoms with van der Waals surface area (Å²) in [6, 6.07) is 10.1. The molecule has 0 saturated carbocycles. The topological polar surface area (TPSA) is 71.5 Å². The van der Waals surface area contributed by atoms with Crippen molar-refractivity contribution < 1.29 is 14.3 Å². The summed E-state index contributed by atoms with van der Waals surface area (Å²) in [6.45, 7) is 0.517. The average molecular weight is 311 g/mol. The highest BCUT2D eigenvalue weighted by molar-refractivity contribution is 6.22. The predicted molar refractivity (Wildman–Crippen MR) is 85.0 cm³/mol. The molecule has 1 saturated heterocycles. The molecule has 3 rings (SSSR count). The van der Waals surface area contributed by atoms with E-state index in [-0.39, 0.29) is 18.2 Å². The number of carbonyl (C=O) groups excluding carboxylic acids is 2. The van der Waals surface area contributed by atoms with E-state index >= 15 is 0 Å². The molecule has 0 aliphatic carbocycles. The summed E-state index contributed by atoms with van der Waals surface area (Å²) in [5, 5.41) is 3.14. The lowest BCUT2D eigenvalue weighted by atomic mass is 10.2. The van der Waals surface area contributed by atoms with Crippen LogP contribution in [0, 0.1) is 0 Å². The predicted octanol–water partition coefficient (Wildman–Crippen LogP) is 1.51. The zero-order valence-electron chi connectivity index (χ0n) is 12.7. The van der Waals surface area contributed by atoms with Gasteiger partial charge in [-0.15, -0.1) is 0 Å². The molecule has 1 fully saturated rings. The number of pyridine rings is 1. The van der Waals surface area contributed by atoms with Crippen molar-refractivity contribution in [2.45, 2.75) is 19.0 Å². The number of benzene rings is 1. The van der Waals surface area contributed by atoms with Crippen molar-refractivity contribution in [3.63, 3.8) is 0 Å². The number of carbonyl (C=O) groups is 2. The number of amides is 2. The molecule has 1 aromatic heterocycles. The molecule has 2 heterocycles. The first kappa shape index (κ1) is 15.2. The first-order valence-electron chi connectivity index (χ1n) is 7.32. The van der Waals surface area contributed by atoms with Gasteiger partial charge in [0.25, 0.3) is 5.91 Å². The number of imide groups is 1. The molecule has 0 unspecified atom stereocenters. The Morgan fingerprint density at radius 1 is 1.17 bits per heavy atom. The van der Waals surface area contributed by atoms with Gasteiger partial charge in [-0.3, -0.25) is 14.6 Å². The van der Waals surface area contributed by atoms with E-state index in [1.165, 1.54) is 4.90 Å². The van der Waals surface area contributed by atoms with Crippen LogP contribution in [-0.2, 0) is 16.1 Å². The minimum absolute atomic E-state index is 0.163. The summed E-state index contributed by atoms with van der Waals surface area (Å²) in [6.07, 6.45) is 3.56. The highest BCUT2D eigenvalue weighted by Gasteiger charge is 2.39. The standard InChI is InChI=1S/C17H17N3O3/c1-23-14-4-2-13(3-5-14)20-16(21)10-15(17(20)22)19-11-12-6-8-18-9-7-12/h2-9,15,19H,10-11H2,1H3/t15-/m1/s1. The van der Waals surface area contributed by atoms with E-state index in [4.69, 9.17) is 4.74 Å². The Bertz CT molecular complexity index is 701. The highest BCUT2D eigenvalue weighted by Crippen LogP contribution is 2.25. The lowest BCUT2D eigenvalue weighted by Crippen LogP contribution is -2.38. The Labute approximate surface area is 134 Å². The largest absolute Gasteiger partial charge is 0.497 e. The van der Waals surface area contributed by atoms with E-state index in [1.807, 2.05) is 12.1 Å². The van der Waals surface area contributed by atoms with Crippen LogP contribution in [0.25, 0.3) is 0 Å².